The van der Waals surface area contributed by atoms with Crippen LogP contribution in [0, 0.1) is 0 Å². The third-order valence-electron chi connectivity index (χ3n) is 8.62. The normalized spacial score (nSPS) is 16.7. The van der Waals surface area contributed by atoms with Gasteiger partial charge in [-0.1, -0.05) is 152 Å². The van der Waals surface area contributed by atoms with E-state index >= 15 is 0 Å². The van der Waals surface area contributed by atoms with Crippen molar-refractivity contribution >= 4 is 22.2 Å². The van der Waals surface area contributed by atoms with E-state index in [1.807, 2.05) is 37.3 Å². The molecule has 4 heteroatoms. The van der Waals surface area contributed by atoms with Crippen LogP contribution in [0.2, 0.25) is 0 Å². The van der Waals surface area contributed by atoms with Crippen molar-refractivity contribution in [2.75, 3.05) is 0 Å². The highest BCUT2D eigenvalue weighted by Crippen LogP contribution is 2.36. The number of hydrogen-bond acceptors (Lipinski definition) is 4. The Balaban J connectivity index is 1.21. The maximum Gasteiger partial charge on any atom is 0.131 e. The number of rotatable bonds is 7. The van der Waals surface area contributed by atoms with Gasteiger partial charge >= 0.3 is 0 Å². The number of aliphatic imine (C=N–C) groups is 1. The molecule has 6 aromatic rings. The van der Waals surface area contributed by atoms with Crippen LogP contribution in [0.25, 0.3) is 38.6 Å². The monoisotopic (exact) mass is 596 g/mol. The van der Waals surface area contributed by atoms with E-state index in [9.17, 15) is 0 Å². The van der Waals surface area contributed by atoms with Crippen LogP contribution in [0.1, 0.15) is 41.5 Å². The molecule has 0 radical (unpaired) electrons. The number of allylic oxidation sites excluding steroid dienone is 3. The number of amidine groups is 1. The predicted octanol–water partition coefficient (Wildman–Crippen LogP) is 9.39. The van der Waals surface area contributed by atoms with Crippen LogP contribution in [0.4, 0.5) is 0 Å². The average molecular weight is 597 g/mol. The van der Waals surface area contributed by atoms with Crippen molar-refractivity contribution in [3.63, 3.8) is 0 Å². The van der Waals surface area contributed by atoms with Crippen molar-refractivity contribution in [2.45, 2.75) is 19.3 Å². The third-order valence-corrected chi connectivity index (χ3v) is 8.62. The molecule has 0 saturated heterocycles. The van der Waals surface area contributed by atoms with Gasteiger partial charge in [-0.05, 0) is 74.5 Å². The second kappa shape index (κ2) is 13.1. The molecular formula is C42H36N4. The third kappa shape index (κ3) is 5.86. The molecule has 0 saturated carbocycles. The van der Waals surface area contributed by atoms with E-state index in [-0.39, 0.29) is 12.3 Å². The van der Waals surface area contributed by atoms with Gasteiger partial charge in [-0.3, -0.25) is 5.32 Å². The summed E-state index contributed by atoms with van der Waals surface area (Å²) in [6.45, 7) is 2.03. The second-order valence-corrected chi connectivity index (χ2v) is 11.4. The Kier molecular flexibility index (Phi) is 8.27. The molecule has 1 aliphatic rings. The van der Waals surface area contributed by atoms with Gasteiger partial charge in [0.2, 0.25) is 0 Å². The summed E-state index contributed by atoms with van der Waals surface area (Å²) in [7, 11) is 0. The molecule has 2 atom stereocenters. The lowest BCUT2D eigenvalue weighted by atomic mass is 9.92. The lowest BCUT2D eigenvalue weighted by molar-refractivity contribution is 0.409. The number of nitrogens with zero attached hydrogens (tertiary/aromatic N) is 1. The Hall–Kier alpha value is -5.71. The van der Waals surface area contributed by atoms with Crippen molar-refractivity contribution in [1.29, 1.82) is 0 Å². The predicted molar refractivity (Wildman–Crippen MR) is 193 cm³/mol. The number of nitrogens with two attached hydrogens (primary N) is 1. The second-order valence-electron chi connectivity index (χ2n) is 11.4. The molecule has 6 aromatic carbocycles. The Morgan fingerprint density at radius 3 is 1.78 bits per heavy atom. The summed E-state index contributed by atoms with van der Waals surface area (Å²) in [5.41, 5.74) is 16.1. The van der Waals surface area contributed by atoms with E-state index in [1.165, 1.54) is 38.6 Å². The maximum atomic E-state index is 5.66. The summed E-state index contributed by atoms with van der Waals surface area (Å²) in [6, 6.07) is 51.5. The Labute approximate surface area is 270 Å². The minimum Gasteiger partial charge on any atom is -0.405 e. The first kappa shape index (κ1) is 29.0. The Bertz CT molecular complexity index is 2040. The molecule has 1 aliphatic heterocycles. The molecule has 224 valence electrons. The largest absolute Gasteiger partial charge is 0.405 e. The molecule has 4 N–H and O–H groups in total. The number of hydrogen-bond donors (Lipinski definition) is 3. The van der Waals surface area contributed by atoms with Crippen LogP contribution in [0.15, 0.2) is 169 Å². The van der Waals surface area contributed by atoms with Crippen molar-refractivity contribution in [1.82, 2.24) is 10.6 Å². The summed E-state index contributed by atoms with van der Waals surface area (Å²) in [5, 5.41) is 9.77. The van der Waals surface area contributed by atoms with Crippen LogP contribution >= 0.6 is 0 Å². The smallest absolute Gasteiger partial charge is 0.131 e. The van der Waals surface area contributed by atoms with Crippen LogP contribution in [0.3, 0.4) is 0 Å². The van der Waals surface area contributed by atoms with E-state index in [1.54, 1.807) is 6.20 Å². The van der Waals surface area contributed by atoms with Crippen LogP contribution in [-0.4, -0.2) is 5.84 Å². The van der Waals surface area contributed by atoms with E-state index in [0.717, 1.165) is 28.1 Å². The van der Waals surface area contributed by atoms with Gasteiger partial charge in [0.05, 0.1) is 0 Å². The summed E-state index contributed by atoms with van der Waals surface area (Å²) >= 11 is 0. The van der Waals surface area contributed by atoms with E-state index < -0.39 is 0 Å². The van der Waals surface area contributed by atoms with Crippen LogP contribution < -0.4 is 16.4 Å². The molecule has 2 unspecified atom stereocenters. The van der Waals surface area contributed by atoms with Gasteiger partial charge in [0.15, 0.2) is 0 Å². The van der Waals surface area contributed by atoms with Crippen LogP contribution in [0.5, 0.6) is 0 Å². The zero-order valence-electron chi connectivity index (χ0n) is 25.8. The molecule has 4 nitrogen and oxygen atoms in total. The van der Waals surface area contributed by atoms with Gasteiger partial charge in [-0.2, -0.15) is 0 Å². The molecule has 0 fully saturated rings. The SMILES string of the molecule is C/C=C(\C=C/N)c1ccc(-c2cccc3c(-c4ccc(C5N=C(c6ccccc6)NC(c6ccccc6)N5)cc4)cccc23)cc1. The van der Waals surface area contributed by atoms with E-state index in [2.05, 4.69) is 138 Å². The minimum atomic E-state index is -0.193. The molecule has 0 aromatic heterocycles. The zero-order valence-corrected chi connectivity index (χ0v) is 25.8. The minimum absolute atomic E-state index is 0.0640. The quantitative estimate of drug-likeness (QED) is 0.161. The van der Waals surface area contributed by atoms with Gasteiger partial charge in [-0.15, -0.1) is 0 Å². The summed E-state index contributed by atoms with van der Waals surface area (Å²) in [5.74, 6) is 0.884. The highest BCUT2D eigenvalue weighted by molar-refractivity contribution is 6.04. The fourth-order valence-electron chi connectivity index (χ4n) is 6.25. The number of benzene rings is 6. The van der Waals surface area contributed by atoms with E-state index in [4.69, 9.17) is 10.7 Å². The first-order valence-electron chi connectivity index (χ1n) is 15.7. The molecule has 46 heavy (non-hydrogen) atoms. The number of nitrogens with one attached hydrogen (secondary N) is 2. The highest BCUT2D eigenvalue weighted by Gasteiger charge is 2.25. The van der Waals surface area contributed by atoms with Crippen molar-refractivity contribution in [3.8, 4) is 22.3 Å². The molecular weight excluding hydrogens is 560 g/mol. The van der Waals surface area contributed by atoms with Crippen LogP contribution in [-0.2, 0) is 0 Å². The first-order chi connectivity index (χ1) is 22.7. The van der Waals surface area contributed by atoms with Gasteiger partial charge in [-0.25, -0.2) is 4.99 Å². The Morgan fingerprint density at radius 1 is 0.609 bits per heavy atom. The fraction of sp³-hybridized carbons (Fsp3) is 0.0714. The molecule has 0 bridgehead atoms. The molecule has 0 spiro atoms. The van der Waals surface area contributed by atoms with E-state index in [0.29, 0.717) is 0 Å². The average Bonchev–Trinajstić information content (AvgIpc) is 3.14. The van der Waals surface area contributed by atoms with Crippen molar-refractivity contribution in [3.05, 3.63) is 186 Å². The lowest BCUT2D eigenvalue weighted by Gasteiger charge is -2.32. The number of fused-ring (bicyclic) bond motifs is 1. The summed E-state index contributed by atoms with van der Waals surface area (Å²) < 4.78 is 0. The van der Waals surface area contributed by atoms with Gasteiger partial charge in [0, 0.05) is 5.56 Å². The maximum absolute atomic E-state index is 5.66. The first-order valence-corrected chi connectivity index (χ1v) is 15.7. The standard InChI is InChI=1S/C42H36N4/c1-2-29(27-28-43)30-19-21-31(22-20-30)36-15-9-18-39-37(16-10-17-38(36)39)32-23-25-35(26-24-32)42-45-40(33-11-5-3-6-12-33)44-41(46-42)34-13-7-4-8-14-34/h2-28,40,42,45H,43H2,1H3,(H,44,46)/b28-27-,29-2+. The molecule has 0 amide bonds. The van der Waals surface area contributed by atoms with Gasteiger partial charge in [0.1, 0.15) is 18.2 Å². The van der Waals surface area contributed by atoms with Gasteiger partial charge in [0.25, 0.3) is 0 Å². The van der Waals surface area contributed by atoms with Crippen molar-refractivity contribution in [2.24, 2.45) is 10.7 Å². The highest BCUT2D eigenvalue weighted by atomic mass is 15.3. The van der Waals surface area contributed by atoms with Gasteiger partial charge < -0.3 is 11.1 Å². The zero-order chi connectivity index (χ0) is 31.3. The summed E-state index contributed by atoms with van der Waals surface area (Å²) in [4.78, 5) is 5.11. The lowest BCUT2D eigenvalue weighted by Crippen LogP contribution is -2.44. The molecule has 0 aliphatic carbocycles. The molecule has 1 heterocycles. The van der Waals surface area contributed by atoms with Crippen molar-refractivity contribution < 1.29 is 0 Å². The summed E-state index contributed by atoms with van der Waals surface area (Å²) in [6.07, 6.45) is 5.33. The fourth-order valence-corrected chi connectivity index (χ4v) is 6.25. The Morgan fingerprint density at radius 2 is 1.20 bits per heavy atom. The molecule has 7 rings (SSSR count). The topological polar surface area (TPSA) is 62.4 Å².